The maximum atomic E-state index is 9.33. The molecule has 0 radical (unpaired) electrons. The van der Waals surface area contributed by atoms with Gasteiger partial charge in [-0.15, -0.1) is 0 Å². The van der Waals surface area contributed by atoms with Gasteiger partial charge in [0.05, 0.1) is 7.11 Å². The van der Waals surface area contributed by atoms with Gasteiger partial charge in [-0.2, -0.15) is 0 Å². The van der Waals surface area contributed by atoms with Crippen LogP contribution in [0.3, 0.4) is 0 Å². The lowest BCUT2D eigenvalue weighted by atomic mass is 10.1. The van der Waals surface area contributed by atoms with E-state index in [1.54, 1.807) is 19.2 Å². The van der Waals surface area contributed by atoms with Crippen molar-refractivity contribution in [3.8, 4) is 11.5 Å². The van der Waals surface area contributed by atoms with E-state index in [9.17, 15) is 5.11 Å². The number of aromatic hydroxyl groups is 1. The average molecular weight is 326 g/mol. The smallest absolute Gasteiger partial charge is 0.177 e. The number of benzene rings is 2. The number of phenols is 1. The van der Waals surface area contributed by atoms with Crippen LogP contribution in [0.2, 0.25) is 0 Å². The third-order valence-corrected chi connectivity index (χ3v) is 4.02. The molecule has 0 bridgehead atoms. The Morgan fingerprint density at radius 2 is 1.70 bits per heavy atom. The van der Waals surface area contributed by atoms with Gasteiger partial charge in [0, 0.05) is 24.9 Å². The van der Waals surface area contributed by atoms with Gasteiger partial charge >= 0.3 is 0 Å². The Balaban J connectivity index is 1.74. The quantitative estimate of drug-likeness (QED) is 0.699. The third-order valence-electron chi connectivity index (χ3n) is 3.68. The summed E-state index contributed by atoms with van der Waals surface area (Å²) in [7, 11) is 1.66. The molecule has 0 amide bonds. The topological polar surface area (TPSA) is 50.2 Å². The predicted molar refractivity (Wildman–Crippen MR) is 92.6 cm³/mol. The lowest BCUT2D eigenvalue weighted by Gasteiger charge is -2.04. The van der Waals surface area contributed by atoms with Gasteiger partial charge in [-0.1, -0.05) is 24.3 Å². The number of hydrogen-bond acceptors (Lipinski definition) is 3. The van der Waals surface area contributed by atoms with E-state index in [4.69, 9.17) is 17.0 Å². The number of nitrogens with one attached hydrogen (secondary N) is 1. The summed E-state index contributed by atoms with van der Waals surface area (Å²) in [6.45, 7) is 0.717. The number of H-pyrrole nitrogens is 1. The van der Waals surface area contributed by atoms with Gasteiger partial charge in [-0.3, -0.25) is 0 Å². The van der Waals surface area contributed by atoms with Gasteiger partial charge in [-0.05, 0) is 47.6 Å². The van der Waals surface area contributed by atoms with Crippen LogP contribution in [-0.4, -0.2) is 21.8 Å². The molecular weight excluding hydrogens is 308 g/mol. The zero-order chi connectivity index (χ0) is 16.2. The van der Waals surface area contributed by atoms with Crippen LogP contribution in [0.15, 0.2) is 54.7 Å². The van der Waals surface area contributed by atoms with Gasteiger partial charge in [0.15, 0.2) is 4.77 Å². The highest BCUT2D eigenvalue weighted by Crippen LogP contribution is 2.15. The second-order valence-corrected chi connectivity index (χ2v) is 5.79. The molecule has 0 saturated carbocycles. The molecule has 23 heavy (non-hydrogen) atoms. The largest absolute Gasteiger partial charge is 0.508 e. The second-order valence-electron chi connectivity index (χ2n) is 5.40. The van der Waals surface area contributed by atoms with Crippen molar-refractivity contribution in [3.05, 3.63) is 76.3 Å². The fraction of sp³-hybridized carbons (Fsp3) is 0.167. The lowest BCUT2D eigenvalue weighted by Crippen LogP contribution is -1.98. The Kier molecular flexibility index (Phi) is 4.48. The third kappa shape index (κ3) is 3.81. The van der Waals surface area contributed by atoms with Crippen LogP contribution < -0.4 is 4.74 Å². The standard InChI is InChI=1S/C18H18N2O2S/c1-22-17-8-4-14(5-9-17)11-20-12-15(19-18(20)23)10-13-2-6-16(21)7-3-13/h2-9,12,21H,10-11H2,1H3,(H,19,23). The Bertz CT molecular complexity index is 833. The molecule has 0 atom stereocenters. The normalized spacial score (nSPS) is 10.7. The zero-order valence-corrected chi connectivity index (χ0v) is 13.6. The first-order valence-corrected chi connectivity index (χ1v) is 7.74. The molecule has 0 saturated heterocycles. The van der Waals surface area contributed by atoms with Crippen molar-refractivity contribution < 1.29 is 9.84 Å². The number of imidazole rings is 1. The van der Waals surface area contributed by atoms with E-state index in [-0.39, 0.29) is 5.75 Å². The van der Waals surface area contributed by atoms with Crippen LogP contribution in [-0.2, 0) is 13.0 Å². The number of phenolic OH excluding ortho intramolecular Hbond substituents is 1. The Morgan fingerprint density at radius 1 is 1.04 bits per heavy atom. The van der Waals surface area contributed by atoms with E-state index in [2.05, 4.69) is 4.98 Å². The summed E-state index contributed by atoms with van der Waals surface area (Å²) in [4.78, 5) is 3.24. The highest BCUT2D eigenvalue weighted by atomic mass is 32.1. The van der Waals surface area contributed by atoms with E-state index in [1.165, 1.54) is 0 Å². The first-order valence-electron chi connectivity index (χ1n) is 7.33. The first-order chi connectivity index (χ1) is 11.1. The van der Waals surface area contributed by atoms with Crippen molar-refractivity contribution in [2.45, 2.75) is 13.0 Å². The molecule has 1 aromatic heterocycles. The van der Waals surface area contributed by atoms with E-state index < -0.39 is 0 Å². The minimum atomic E-state index is 0.277. The van der Waals surface area contributed by atoms with E-state index in [1.807, 2.05) is 47.2 Å². The van der Waals surface area contributed by atoms with E-state index in [0.717, 1.165) is 35.5 Å². The van der Waals surface area contributed by atoms with E-state index in [0.29, 0.717) is 4.77 Å². The average Bonchev–Trinajstić information content (AvgIpc) is 2.90. The van der Waals surface area contributed by atoms with E-state index >= 15 is 0 Å². The van der Waals surface area contributed by atoms with Crippen molar-refractivity contribution in [1.82, 2.24) is 9.55 Å². The first kappa shape index (κ1) is 15.4. The molecule has 0 unspecified atom stereocenters. The van der Waals surface area contributed by atoms with Crippen LogP contribution in [0.25, 0.3) is 0 Å². The SMILES string of the molecule is COc1ccc(Cn2cc(Cc3ccc(O)cc3)[nH]c2=S)cc1. The summed E-state index contributed by atoms with van der Waals surface area (Å²) in [5, 5.41) is 9.33. The number of methoxy groups -OCH3 is 1. The number of ether oxygens (including phenoxy) is 1. The van der Waals surface area contributed by atoms with Crippen LogP contribution in [0, 0.1) is 4.77 Å². The van der Waals surface area contributed by atoms with Crippen LogP contribution >= 0.6 is 12.2 Å². The summed E-state index contributed by atoms with van der Waals surface area (Å²) in [5.74, 6) is 1.12. The van der Waals surface area contributed by atoms with Crippen molar-refractivity contribution >= 4 is 12.2 Å². The number of hydrogen-bond donors (Lipinski definition) is 2. The molecule has 0 aliphatic rings. The van der Waals surface area contributed by atoms with Gasteiger partial charge in [0.1, 0.15) is 11.5 Å². The van der Waals surface area contributed by atoms with Crippen LogP contribution in [0.5, 0.6) is 11.5 Å². The number of aromatic amines is 1. The summed E-state index contributed by atoms with van der Waals surface area (Å²) >= 11 is 5.40. The molecule has 0 fully saturated rings. The highest BCUT2D eigenvalue weighted by molar-refractivity contribution is 7.71. The predicted octanol–water partition coefficient (Wildman–Crippen LogP) is 3.90. The van der Waals surface area contributed by atoms with Gasteiger partial charge < -0.3 is 19.4 Å². The molecule has 0 spiro atoms. The molecule has 0 aliphatic carbocycles. The number of rotatable bonds is 5. The van der Waals surface area contributed by atoms with Gasteiger partial charge in [0.25, 0.3) is 0 Å². The van der Waals surface area contributed by atoms with Crippen molar-refractivity contribution in [2.24, 2.45) is 0 Å². The molecule has 1 heterocycles. The van der Waals surface area contributed by atoms with Gasteiger partial charge in [0.2, 0.25) is 0 Å². The Morgan fingerprint density at radius 3 is 2.35 bits per heavy atom. The molecule has 3 rings (SSSR count). The van der Waals surface area contributed by atoms with Crippen LogP contribution in [0.4, 0.5) is 0 Å². The molecule has 0 aliphatic heterocycles. The second kappa shape index (κ2) is 6.71. The van der Waals surface area contributed by atoms with Crippen molar-refractivity contribution in [3.63, 3.8) is 0 Å². The molecule has 5 heteroatoms. The summed E-state index contributed by atoms with van der Waals surface area (Å²) in [6.07, 6.45) is 2.79. The van der Waals surface area contributed by atoms with Crippen LogP contribution in [0.1, 0.15) is 16.8 Å². The Labute approximate surface area is 140 Å². The minimum Gasteiger partial charge on any atom is -0.508 e. The van der Waals surface area contributed by atoms with Gasteiger partial charge in [-0.25, -0.2) is 0 Å². The highest BCUT2D eigenvalue weighted by Gasteiger charge is 2.04. The summed E-state index contributed by atoms with van der Waals surface area (Å²) in [6, 6.07) is 15.2. The maximum Gasteiger partial charge on any atom is 0.177 e. The molecule has 3 aromatic rings. The lowest BCUT2D eigenvalue weighted by molar-refractivity contribution is 0.414. The maximum absolute atomic E-state index is 9.33. The fourth-order valence-electron chi connectivity index (χ4n) is 2.46. The monoisotopic (exact) mass is 326 g/mol. The fourth-order valence-corrected chi connectivity index (χ4v) is 2.71. The zero-order valence-electron chi connectivity index (χ0n) is 12.8. The molecular formula is C18H18N2O2S. The van der Waals surface area contributed by atoms with Crippen molar-refractivity contribution in [2.75, 3.05) is 7.11 Å². The summed E-state index contributed by atoms with van der Waals surface area (Å²) < 4.78 is 7.89. The molecule has 4 nitrogen and oxygen atoms in total. The molecule has 2 N–H and O–H groups in total. The number of aromatic nitrogens is 2. The molecule has 2 aromatic carbocycles. The van der Waals surface area contributed by atoms with Crippen molar-refractivity contribution in [1.29, 1.82) is 0 Å². The number of nitrogens with zero attached hydrogens (tertiary/aromatic N) is 1. The minimum absolute atomic E-state index is 0.277. The summed E-state index contributed by atoms with van der Waals surface area (Å²) in [5.41, 5.74) is 3.34. The molecule has 118 valence electrons. The Hall–Kier alpha value is -2.53.